The van der Waals surface area contributed by atoms with Crippen molar-refractivity contribution in [3.05, 3.63) is 71.7 Å². The van der Waals surface area contributed by atoms with Crippen molar-refractivity contribution in [2.45, 2.75) is 20.3 Å². The molecule has 4 rings (SSSR count). The number of nitrogens with one attached hydrogen (secondary N) is 1. The number of piperazine rings is 1. The first kappa shape index (κ1) is 22.5. The third-order valence-electron chi connectivity index (χ3n) is 5.72. The Morgan fingerprint density at radius 3 is 2.55 bits per heavy atom. The Hall–Kier alpha value is -3.65. The molecule has 0 amide bonds. The smallest absolute Gasteiger partial charge is 0.233 e. The lowest BCUT2D eigenvalue weighted by Crippen LogP contribution is -2.45. The molecule has 1 fully saturated rings. The molecule has 1 saturated heterocycles. The molecule has 8 heteroatoms. The summed E-state index contributed by atoms with van der Waals surface area (Å²) < 4.78 is 0. The van der Waals surface area contributed by atoms with Crippen molar-refractivity contribution in [1.29, 1.82) is 0 Å². The molecule has 1 aliphatic heterocycles. The largest absolute Gasteiger partial charge is 0.338 e. The number of benzene rings is 1. The van der Waals surface area contributed by atoms with E-state index in [-0.39, 0.29) is 5.78 Å². The van der Waals surface area contributed by atoms with E-state index in [1.54, 1.807) is 18.3 Å². The zero-order chi connectivity index (χ0) is 23.2. The third-order valence-corrected chi connectivity index (χ3v) is 5.72. The summed E-state index contributed by atoms with van der Waals surface area (Å²) in [5.74, 6) is 2.24. The predicted octanol–water partition coefficient (Wildman–Crippen LogP) is 3.61. The van der Waals surface area contributed by atoms with E-state index in [1.807, 2.05) is 50.3 Å². The van der Waals surface area contributed by atoms with Gasteiger partial charge < -0.3 is 15.1 Å². The quantitative estimate of drug-likeness (QED) is 0.554. The Kier molecular flexibility index (Phi) is 7.04. The van der Waals surface area contributed by atoms with Crippen LogP contribution in [-0.4, -0.2) is 63.8 Å². The number of Topliss-reactive ketones (excluding diaryl/α,β-unsaturated/α-hetero) is 1. The van der Waals surface area contributed by atoms with Gasteiger partial charge in [-0.1, -0.05) is 36.4 Å². The molecule has 0 radical (unpaired) electrons. The monoisotopic (exact) mass is 443 g/mol. The first-order chi connectivity index (χ1) is 16.0. The van der Waals surface area contributed by atoms with Gasteiger partial charge in [0.05, 0.1) is 0 Å². The van der Waals surface area contributed by atoms with E-state index < -0.39 is 0 Å². The maximum Gasteiger partial charge on any atom is 0.233 e. The second kappa shape index (κ2) is 10.3. The first-order valence-corrected chi connectivity index (χ1v) is 11.1. The van der Waals surface area contributed by atoms with Gasteiger partial charge in [-0.3, -0.25) is 4.79 Å². The van der Waals surface area contributed by atoms with Crippen LogP contribution in [0.1, 0.15) is 35.6 Å². The Morgan fingerprint density at radius 2 is 1.82 bits per heavy atom. The van der Waals surface area contributed by atoms with Gasteiger partial charge in [-0.25, -0.2) is 4.98 Å². The topological polar surface area (TPSA) is 87.1 Å². The molecule has 1 N–H and O–H groups in total. The summed E-state index contributed by atoms with van der Waals surface area (Å²) in [5, 5.41) is 3.18. The summed E-state index contributed by atoms with van der Waals surface area (Å²) >= 11 is 0. The average Bonchev–Trinajstić information content (AvgIpc) is 2.84. The van der Waals surface area contributed by atoms with Gasteiger partial charge in [0.25, 0.3) is 0 Å². The molecular formula is C25H29N7O. The van der Waals surface area contributed by atoms with Crippen LogP contribution in [-0.2, 0) is 6.42 Å². The number of pyridine rings is 1. The fourth-order valence-electron chi connectivity index (χ4n) is 3.54. The molecule has 1 aliphatic rings. The van der Waals surface area contributed by atoms with Gasteiger partial charge in [-0.05, 0) is 44.2 Å². The van der Waals surface area contributed by atoms with Crippen LogP contribution >= 0.6 is 0 Å². The van der Waals surface area contributed by atoms with E-state index in [0.29, 0.717) is 35.5 Å². The molecule has 0 bridgehead atoms. The van der Waals surface area contributed by atoms with Crippen molar-refractivity contribution in [2.24, 2.45) is 0 Å². The number of anilines is 3. The lowest BCUT2D eigenvalue weighted by molar-refractivity contribution is 0.0993. The fraction of sp³-hybridized carbons (Fsp3) is 0.320. The van der Waals surface area contributed by atoms with Crippen LogP contribution in [0.25, 0.3) is 5.57 Å². The van der Waals surface area contributed by atoms with Crippen LogP contribution in [0.3, 0.4) is 0 Å². The standard InChI is InChI=1S/C25H29N7O/c1-4-18(2)23-28-24(30-25(29-23)32-14-12-31(3)13-15-32)27-22-17-20(10-11-26-22)21(33)16-19-8-6-5-7-9-19/h4-11,17H,12-16H2,1-3H3,(H,26,27,28,29,30)/b18-4+. The van der Waals surface area contributed by atoms with Crippen LogP contribution in [0.4, 0.5) is 17.7 Å². The normalized spacial score (nSPS) is 14.9. The number of aromatic nitrogens is 4. The van der Waals surface area contributed by atoms with Gasteiger partial charge in [0, 0.05) is 44.4 Å². The molecule has 0 aliphatic carbocycles. The van der Waals surface area contributed by atoms with Crippen molar-refractivity contribution < 1.29 is 4.79 Å². The van der Waals surface area contributed by atoms with Crippen LogP contribution in [0, 0.1) is 0 Å². The number of nitrogens with zero attached hydrogens (tertiary/aromatic N) is 6. The zero-order valence-electron chi connectivity index (χ0n) is 19.3. The molecule has 0 unspecified atom stereocenters. The molecule has 0 saturated carbocycles. The highest BCUT2D eigenvalue weighted by Crippen LogP contribution is 2.20. The molecule has 0 atom stereocenters. The number of allylic oxidation sites excluding steroid dienone is 2. The van der Waals surface area contributed by atoms with E-state index in [9.17, 15) is 4.79 Å². The Balaban J connectivity index is 1.57. The SMILES string of the molecule is C/C=C(\C)c1nc(Nc2cc(C(=O)Cc3ccccc3)ccn2)nc(N2CCN(C)CC2)n1. The molecule has 2 aromatic heterocycles. The van der Waals surface area contributed by atoms with Crippen LogP contribution in [0.15, 0.2) is 54.7 Å². The highest BCUT2D eigenvalue weighted by atomic mass is 16.1. The van der Waals surface area contributed by atoms with Crippen molar-refractivity contribution in [2.75, 3.05) is 43.4 Å². The number of hydrogen-bond donors (Lipinski definition) is 1. The number of ketones is 1. The van der Waals surface area contributed by atoms with E-state index in [4.69, 9.17) is 0 Å². The van der Waals surface area contributed by atoms with Gasteiger partial charge in [0.2, 0.25) is 11.9 Å². The van der Waals surface area contributed by atoms with E-state index >= 15 is 0 Å². The summed E-state index contributed by atoms with van der Waals surface area (Å²) in [6.07, 6.45) is 3.95. The molecule has 170 valence electrons. The van der Waals surface area contributed by atoms with Crippen molar-refractivity contribution in [3.8, 4) is 0 Å². The lowest BCUT2D eigenvalue weighted by Gasteiger charge is -2.32. The minimum Gasteiger partial charge on any atom is -0.338 e. The van der Waals surface area contributed by atoms with Gasteiger partial charge >= 0.3 is 0 Å². The number of rotatable bonds is 7. The van der Waals surface area contributed by atoms with Crippen LogP contribution in [0.5, 0.6) is 0 Å². The average molecular weight is 444 g/mol. The summed E-state index contributed by atoms with van der Waals surface area (Å²) in [4.78, 5) is 35.5. The predicted molar refractivity (Wildman–Crippen MR) is 131 cm³/mol. The zero-order valence-corrected chi connectivity index (χ0v) is 19.3. The first-order valence-electron chi connectivity index (χ1n) is 11.1. The third kappa shape index (κ3) is 5.78. The van der Waals surface area contributed by atoms with Crippen molar-refractivity contribution in [3.63, 3.8) is 0 Å². The fourth-order valence-corrected chi connectivity index (χ4v) is 3.54. The number of hydrogen-bond acceptors (Lipinski definition) is 8. The molecule has 3 aromatic rings. The molecule has 8 nitrogen and oxygen atoms in total. The maximum atomic E-state index is 12.8. The second-order valence-electron chi connectivity index (χ2n) is 8.18. The molecule has 1 aromatic carbocycles. The summed E-state index contributed by atoms with van der Waals surface area (Å²) in [5.41, 5.74) is 2.54. The molecule has 3 heterocycles. The maximum absolute atomic E-state index is 12.8. The van der Waals surface area contributed by atoms with Crippen LogP contribution < -0.4 is 10.2 Å². The highest BCUT2D eigenvalue weighted by Gasteiger charge is 2.19. The molecular weight excluding hydrogens is 414 g/mol. The molecule has 0 spiro atoms. The van der Waals surface area contributed by atoms with Crippen molar-refractivity contribution in [1.82, 2.24) is 24.8 Å². The summed E-state index contributed by atoms with van der Waals surface area (Å²) in [6.45, 7) is 7.57. The van der Waals surface area contributed by atoms with Gasteiger partial charge in [0.1, 0.15) is 5.82 Å². The van der Waals surface area contributed by atoms with Gasteiger partial charge in [0.15, 0.2) is 11.6 Å². The van der Waals surface area contributed by atoms with E-state index in [0.717, 1.165) is 37.3 Å². The Morgan fingerprint density at radius 1 is 1.06 bits per heavy atom. The minimum absolute atomic E-state index is 0.0332. The van der Waals surface area contributed by atoms with E-state index in [2.05, 4.69) is 42.1 Å². The van der Waals surface area contributed by atoms with Crippen molar-refractivity contribution >= 4 is 29.1 Å². The highest BCUT2D eigenvalue weighted by molar-refractivity contribution is 5.98. The summed E-state index contributed by atoms with van der Waals surface area (Å²) in [6, 6.07) is 13.2. The van der Waals surface area contributed by atoms with Gasteiger partial charge in [-0.2, -0.15) is 15.0 Å². The van der Waals surface area contributed by atoms with Gasteiger partial charge in [-0.15, -0.1) is 0 Å². The lowest BCUT2D eigenvalue weighted by atomic mass is 10.0. The van der Waals surface area contributed by atoms with Crippen LogP contribution in [0.2, 0.25) is 0 Å². The number of likely N-dealkylation sites (N-methyl/N-ethyl adjacent to an activating group) is 1. The Labute approximate surface area is 194 Å². The second-order valence-corrected chi connectivity index (χ2v) is 8.18. The number of carbonyl (C=O) groups excluding carboxylic acids is 1. The number of carbonyl (C=O) groups is 1. The minimum atomic E-state index is 0.0332. The van der Waals surface area contributed by atoms with E-state index in [1.165, 1.54) is 0 Å². The summed E-state index contributed by atoms with van der Waals surface area (Å²) in [7, 11) is 2.12. The Bertz CT molecular complexity index is 1140. The molecule has 33 heavy (non-hydrogen) atoms.